The number of methoxy groups -OCH3 is 1. The SMILES string of the molecule is COc1ccc(-n2c(SCC(=O)N(C)Cc3cccs3)nnc2-c2cccc(C)c2)cc1. The van der Waals surface area contributed by atoms with Gasteiger partial charge in [0, 0.05) is 23.2 Å². The van der Waals surface area contributed by atoms with Gasteiger partial charge < -0.3 is 9.64 Å². The van der Waals surface area contributed by atoms with Crippen molar-refractivity contribution in [3.8, 4) is 22.8 Å². The van der Waals surface area contributed by atoms with Crippen molar-refractivity contribution < 1.29 is 9.53 Å². The number of rotatable bonds is 8. The maximum absolute atomic E-state index is 12.7. The molecule has 0 atom stereocenters. The van der Waals surface area contributed by atoms with Gasteiger partial charge in [-0.05, 0) is 48.7 Å². The molecule has 0 fully saturated rings. The minimum atomic E-state index is 0.0461. The highest BCUT2D eigenvalue weighted by atomic mass is 32.2. The number of amides is 1. The lowest BCUT2D eigenvalue weighted by Crippen LogP contribution is -2.27. The second kappa shape index (κ2) is 10.0. The van der Waals surface area contributed by atoms with Gasteiger partial charge in [0.2, 0.25) is 5.91 Å². The van der Waals surface area contributed by atoms with E-state index in [1.165, 1.54) is 11.8 Å². The number of nitrogens with zero attached hydrogens (tertiary/aromatic N) is 4. The molecule has 0 aliphatic rings. The highest BCUT2D eigenvalue weighted by molar-refractivity contribution is 7.99. The Morgan fingerprint density at radius 3 is 2.62 bits per heavy atom. The predicted molar refractivity (Wildman–Crippen MR) is 130 cm³/mol. The first-order chi connectivity index (χ1) is 15.5. The van der Waals surface area contributed by atoms with Crippen LogP contribution in [0, 0.1) is 6.92 Å². The van der Waals surface area contributed by atoms with E-state index >= 15 is 0 Å². The fourth-order valence-electron chi connectivity index (χ4n) is 3.26. The summed E-state index contributed by atoms with van der Waals surface area (Å²) in [6.07, 6.45) is 0. The van der Waals surface area contributed by atoms with Crippen LogP contribution in [0.2, 0.25) is 0 Å². The van der Waals surface area contributed by atoms with E-state index < -0.39 is 0 Å². The molecule has 0 N–H and O–H groups in total. The fourth-order valence-corrected chi connectivity index (χ4v) is 4.91. The van der Waals surface area contributed by atoms with Crippen LogP contribution < -0.4 is 4.74 Å². The Morgan fingerprint density at radius 2 is 1.94 bits per heavy atom. The van der Waals surface area contributed by atoms with Crippen LogP contribution in [0.4, 0.5) is 0 Å². The molecule has 0 saturated heterocycles. The summed E-state index contributed by atoms with van der Waals surface area (Å²) < 4.78 is 7.29. The van der Waals surface area contributed by atoms with Gasteiger partial charge in [0.05, 0.1) is 19.4 Å². The molecule has 32 heavy (non-hydrogen) atoms. The highest BCUT2D eigenvalue weighted by Crippen LogP contribution is 2.29. The van der Waals surface area contributed by atoms with Crippen molar-refractivity contribution in [3.05, 3.63) is 76.5 Å². The number of aryl methyl sites for hydroxylation is 1. The molecule has 4 rings (SSSR count). The van der Waals surface area contributed by atoms with Crippen molar-refractivity contribution in [1.29, 1.82) is 0 Å². The van der Waals surface area contributed by atoms with Crippen molar-refractivity contribution in [2.24, 2.45) is 0 Å². The Labute approximate surface area is 195 Å². The van der Waals surface area contributed by atoms with Crippen molar-refractivity contribution in [3.63, 3.8) is 0 Å². The van der Waals surface area contributed by atoms with Gasteiger partial charge in [-0.25, -0.2) is 0 Å². The normalized spacial score (nSPS) is 10.8. The molecular weight excluding hydrogens is 440 g/mol. The van der Waals surface area contributed by atoms with Gasteiger partial charge in [-0.15, -0.1) is 21.5 Å². The van der Waals surface area contributed by atoms with E-state index in [-0.39, 0.29) is 11.7 Å². The van der Waals surface area contributed by atoms with Crippen molar-refractivity contribution in [1.82, 2.24) is 19.7 Å². The van der Waals surface area contributed by atoms with E-state index in [4.69, 9.17) is 4.74 Å². The molecule has 0 unspecified atom stereocenters. The van der Waals surface area contributed by atoms with E-state index in [1.54, 1.807) is 23.3 Å². The number of hydrogen-bond donors (Lipinski definition) is 0. The quantitative estimate of drug-likeness (QED) is 0.341. The zero-order valence-corrected chi connectivity index (χ0v) is 19.8. The van der Waals surface area contributed by atoms with Crippen molar-refractivity contribution in [2.75, 3.05) is 19.9 Å². The fraction of sp³-hybridized carbons (Fsp3) is 0.208. The molecule has 0 bridgehead atoms. The Kier molecular flexibility index (Phi) is 6.92. The van der Waals surface area contributed by atoms with Gasteiger partial charge in [-0.1, -0.05) is 41.6 Å². The first-order valence-corrected chi connectivity index (χ1v) is 12.0. The lowest BCUT2D eigenvalue weighted by Gasteiger charge is -2.16. The summed E-state index contributed by atoms with van der Waals surface area (Å²) in [5, 5.41) is 11.6. The summed E-state index contributed by atoms with van der Waals surface area (Å²) in [5.74, 6) is 1.84. The maximum atomic E-state index is 12.7. The number of ether oxygens (including phenoxy) is 1. The third-order valence-corrected chi connectivity index (χ3v) is 6.74. The van der Waals surface area contributed by atoms with Crippen LogP contribution in [0.25, 0.3) is 17.1 Å². The maximum Gasteiger partial charge on any atom is 0.233 e. The minimum Gasteiger partial charge on any atom is -0.497 e. The topological polar surface area (TPSA) is 60.2 Å². The van der Waals surface area contributed by atoms with Crippen LogP contribution in [0.15, 0.2) is 71.2 Å². The molecular formula is C24H24N4O2S2. The van der Waals surface area contributed by atoms with E-state index in [2.05, 4.69) is 29.3 Å². The van der Waals surface area contributed by atoms with Crippen molar-refractivity contribution >= 4 is 29.0 Å². The van der Waals surface area contributed by atoms with Gasteiger partial charge in [0.1, 0.15) is 5.75 Å². The number of hydrogen-bond acceptors (Lipinski definition) is 6. The number of benzene rings is 2. The third-order valence-electron chi connectivity index (χ3n) is 4.96. The van der Waals surface area contributed by atoms with Gasteiger partial charge in [-0.3, -0.25) is 9.36 Å². The van der Waals surface area contributed by atoms with Crippen LogP contribution >= 0.6 is 23.1 Å². The van der Waals surface area contributed by atoms with E-state index in [9.17, 15) is 4.79 Å². The molecule has 1 amide bonds. The zero-order chi connectivity index (χ0) is 22.5. The molecule has 4 aromatic rings. The smallest absolute Gasteiger partial charge is 0.233 e. The molecule has 2 aromatic heterocycles. The average molecular weight is 465 g/mol. The summed E-state index contributed by atoms with van der Waals surface area (Å²) in [7, 11) is 3.47. The van der Waals surface area contributed by atoms with Crippen molar-refractivity contribution in [2.45, 2.75) is 18.6 Å². The first-order valence-electron chi connectivity index (χ1n) is 10.1. The summed E-state index contributed by atoms with van der Waals surface area (Å²) >= 11 is 3.04. The Morgan fingerprint density at radius 1 is 1.12 bits per heavy atom. The molecule has 0 saturated carbocycles. The van der Waals surface area contributed by atoms with Crippen LogP contribution in [-0.4, -0.2) is 45.5 Å². The molecule has 0 radical (unpaired) electrons. The van der Waals surface area contributed by atoms with Gasteiger partial charge in [0.15, 0.2) is 11.0 Å². The van der Waals surface area contributed by atoms with E-state index in [0.717, 1.165) is 33.3 Å². The number of thioether (sulfide) groups is 1. The average Bonchev–Trinajstić information content (AvgIpc) is 3.47. The largest absolute Gasteiger partial charge is 0.497 e. The van der Waals surface area contributed by atoms with Crippen LogP contribution in [0.5, 0.6) is 5.75 Å². The third kappa shape index (κ3) is 5.03. The molecule has 2 heterocycles. The van der Waals surface area contributed by atoms with Gasteiger partial charge in [0.25, 0.3) is 0 Å². The second-order valence-electron chi connectivity index (χ2n) is 7.33. The molecule has 2 aromatic carbocycles. The standard InChI is InChI=1S/C24H24N4O2S2/c1-17-6-4-7-18(14-17)23-25-26-24(28(23)19-9-11-20(30-3)12-10-19)32-16-22(29)27(2)15-21-8-5-13-31-21/h4-14H,15-16H2,1-3H3. The molecule has 164 valence electrons. The zero-order valence-electron chi connectivity index (χ0n) is 18.2. The minimum absolute atomic E-state index is 0.0461. The monoisotopic (exact) mass is 464 g/mol. The molecule has 0 aliphatic carbocycles. The van der Waals surface area contributed by atoms with Gasteiger partial charge in [-0.2, -0.15) is 0 Å². The summed E-state index contributed by atoms with van der Waals surface area (Å²) in [6.45, 7) is 2.66. The Hall–Kier alpha value is -3.10. The molecule has 0 spiro atoms. The number of carbonyl (C=O) groups is 1. The Bertz CT molecular complexity index is 1190. The summed E-state index contributed by atoms with van der Waals surface area (Å²) in [4.78, 5) is 15.6. The lowest BCUT2D eigenvalue weighted by molar-refractivity contribution is -0.127. The van der Waals surface area contributed by atoms with E-state index in [0.29, 0.717) is 11.7 Å². The first kappa shape index (κ1) is 22.1. The lowest BCUT2D eigenvalue weighted by atomic mass is 10.1. The van der Waals surface area contributed by atoms with Crippen LogP contribution in [0.1, 0.15) is 10.4 Å². The second-order valence-corrected chi connectivity index (χ2v) is 9.30. The van der Waals surface area contributed by atoms with Crippen LogP contribution in [-0.2, 0) is 11.3 Å². The van der Waals surface area contributed by atoms with Gasteiger partial charge >= 0.3 is 0 Å². The molecule has 0 aliphatic heterocycles. The summed E-state index contributed by atoms with van der Waals surface area (Å²) in [5.41, 5.74) is 3.03. The predicted octanol–water partition coefficient (Wildman–Crippen LogP) is 5.06. The molecule has 6 nitrogen and oxygen atoms in total. The Balaban J connectivity index is 1.60. The summed E-state index contributed by atoms with van der Waals surface area (Å²) in [6, 6.07) is 19.9. The molecule has 8 heteroatoms. The number of carbonyl (C=O) groups excluding carboxylic acids is 1. The number of thiophene rings is 1. The number of aromatic nitrogens is 3. The van der Waals surface area contributed by atoms with E-state index in [1.807, 2.05) is 65.5 Å². The highest BCUT2D eigenvalue weighted by Gasteiger charge is 2.19. The van der Waals surface area contributed by atoms with Crippen LogP contribution in [0.3, 0.4) is 0 Å².